The fourth-order valence-electron chi connectivity index (χ4n) is 3.68. The van der Waals surface area contributed by atoms with E-state index >= 15 is 0 Å². The van der Waals surface area contributed by atoms with Crippen molar-refractivity contribution in [1.82, 2.24) is 10.7 Å². The summed E-state index contributed by atoms with van der Waals surface area (Å²) in [5.41, 5.74) is 6.37. The molecule has 156 valence electrons. The lowest BCUT2D eigenvalue weighted by molar-refractivity contribution is -0.596. The lowest BCUT2D eigenvalue weighted by atomic mass is 9.99. The van der Waals surface area contributed by atoms with Crippen LogP contribution in [0.25, 0.3) is 0 Å². The summed E-state index contributed by atoms with van der Waals surface area (Å²) in [6, 6.07) is 23.3. The number of hydrazone groups is 1. The summed E-state index contributed by atoms with van der Waals surface area (Å²) in [6.07, 6.45) is 1.91. The Hall–Kier alpha value is -3.93. The van der Waals surface area contributed by atoms with Crippen LogP contribution in [-0.4, -0.2) is 35.9 Å². The molecule has 1 aliphatic rings. The van der Waals surface area contributed by atoms with E-state index in [9.17, 15) is 9.59 Å². The van der Waals surface area contributed by atoms with Crippen LogP contribution in [0.2, 0.25) is 0 Å². The van der Waals surface area contributed by atoms with Crippen LogP contribution >= 0.6 is 0 Å². The quantitative estimate of drug-likeness (QED) is 0.631. The molecule has 1 aliphatic heterocycles. The minimum absolute atomic E-state index is 0.263. The number of ether oxygens (including phenoxy) is 1. The highest BCUT2D eigenvalue weighted by atomic mass is 16.5. The largest absolute Gasteiger partial charge is 0.497 e. The van der Waals surface area contributed by atoms with Crippen molar-refractivity contribution in [2.75, 3.05) is 7.11 Å². The summed E-state index contributed by atoms with van der Waals surface area (Å²) < 4.78 is 6.92. The second-order valence-corrected chi connectivity index (χ2v) is 7.40. The number of carbonyl (C=O) groups is 2. The van der Waals surface area contributed by atoms with Crippen LogP contribution in [0.1, 0.15) is 33.1 Å². The number of hydrogen-bond donors (Lipinski definition) is 2. The standard InChI is InChI=1S/C25H23N3O3/c1-17-8-6-7-11-20(17)16-28-23(18-9-4-3-5-10-18)22(25(30)27-28)26-24(29)19-12-14-21(31-2)15-13-19/h3-16,22-23H,1-2H3,(H-,26,27,29,30)/p+1/b28-16-/t22-,23+/m0/s1. The number of amides is 2. The lowest BCUT2D eigenvalue weighted by Gasteiger charge is -2.15. The number of rotatable bonds is 5. The Labute approximate surface area is 181 Å². The highest BCUT2D eigenvalue weighted by molar-refractivity contribution is 5.98. The first-order chi connectivity index (χ1) is 15.1. The van der Waals surface area contributed by atoms with Crippen LogP contribution < -0.4 is 15.5 Å². The van der Waals surface area contributed by atoms with E-state index in [1.54, 1.807) is 36.1 Å². The number of nitrogens with zero attached hydrogens (tertiary/aromatic N) is 1. The minimum atomic E-state index is -0.753. The van der Waals surface area contributed by atoms with Gasteiger partial charge in [0, 0.05) is 16.7 Å². The van der Waals surface area contributed by atoms with Crippen LogP contribution in [0, 0.1) is 6.92 Å². The second kappa shape index (κ2) is 8.83. The van der Waals surface area contributed by atoms with Gasteiger partial charge in [-0.25, -0.2) is 0 Å². The summed E-state index contributed by atoms with van der Waals surface area (Å²) in [5, 5.41) is 2.91. The Morgan fingerprint density at radius 1 is 1.00 bits per heavy atom. The summed E-state index contributed by atoms with van der Waals surface area (Å²) >= 11 is 0. The second-order valence-electron chi connectivity index (χ2n) is 7.40. The van der Waals surface area contributed by atoms with Crippen molar-refractivity contribution in [1.29, 1.82) is 0 Å². The molecule has 31 heavy (non-hydrogen) atoms. The molecular weight excluding hydrogens is 390 g/mol. The Kier molecular flexibility index (Phi) is 5.80. The first-order valence-corrected chi connectivity index (χ1v) is 10.1. The van der Waals surface area contributed by atoms with E-state index in [1.807, 2.05) is 67.7 Å². The van der Waals surface area contributed by atoms with Gasteiger partial charge in [-0.15, -0.1) is 10.1 Å². The van der Waals surface area contributed by atoms with Crippen molar-refractivity contribution >= 4 is 18.0 Å². The first-order valence-electron chi connectivity index (χ1n) is 10.1. The number of nitrogens with one attached hydrogen (secondary N) is 2. The van der Waals surface area contributed by atoms with Gasteiger partial charge in [0.05, 0.1) is 7.11 Å². The fourth-order valence-corrected chi connectivity index (χ4v) is 3.68. The van der Waals surface area contributed by atoms with E-state index in [0.717, 1.165) is 16.7 Å². The van der Waals surface area contributed by atoms with Gasteiger partial charge in [-0.3, -0.25) is 9.59 Å². The highest BCUT2D eigenvalue weighted by Crippen LogP contribution is 2.25. The van der Waals surface area contributed by atoms with Crippen molar-refractivity contribution in [3.63, 3.8) is 0 Å². The molecule has 3 aromatic carbocycles. The number of benzene rings is 3. The molecule has 4 rings (SSSR count). The molecule has 0 saturated carbocycles. The van der Waals surface area contributed by atoms with Crippen molar-refractivity contribution in [3.8, 4) is 5.75 Å². The van der Waals surface area contributed by atoms with E-state index in [-0.39, 0.29) is 11.8 Å². The van der Waals surface area contributed by atoms with Gasteiger partial charge < -0.3 is 10.1 Å². The molecule has 1 fully saturated rings. The van der Waals surface area contributed by atoms with Crippen LogP contribution in [0.5, 0.6) is 5.75 Å². The third-order valence-corrected chi connectivity index (χ3v) is 5.38. The third-order valence-electron chi connectivity index (χ3n) is 5.38. The maximum atomic E-state index is 12.9. The Balaban J connectivity index is 1.68. The molecule has 0 unspecified atom stereocenters. The molecule has 0 aliphatic carbocycles. The summed E-state index contributed by atoms with van der Waals surface area (Å²) in [7, 11) is 1.57. The van der Waals surface area contributed by atoms with Gasteiger partial charge in [-0.1, -0.05) is 48.5 Å². The molecule has 2 N–H and O–H groups in total. The molecule has 3 aromatic rings. The molecular formula is C25H24N3O3+. The minimum Gasteiger partial charge on any atom is -0.497 e. The highest BCUT2D eigenvalue weighted by Gasteiger charge is 2.47. The maximum Gasteiger partial charge on any atom is 0.304 e. The van der Waals surface area contributed by atoms with Crippen molar-refractivity contribution in [3.05, 3.63) is 101 Å². The van der Waals surface area contributed by atoms with E-state index in [4.69, 9.17) is 4.74 Å². The number of methoxy groups -OCH3 is 1. The number of hydrazine groups is 1. The molecule has 0 aromatic heterocycles. The molecule has 6 heteroatoms. The Morgan fingerprint density at radius 3 is 2.35 bits per heavy atom. The first kappa shape index (κ1) is 20.3. The van der Waals surface area contributed by atoms with E-state index in [0.29, 0.717) is 11.3 Å². The predicted octanol–water partition coefficient (Wildman–Crippen LogP) is 3.02. The number of hydrogen-bond acceptors (Lipinski definition) is 3. The smallest absolute Gasteiger partial charge is 0.304 e. The maximum absolute atomic E-state index is 12.9. The van der Waals surface area contributed by atoms with Gasteiger partial charge >= 0.3 is 5.91 Å². The van der Waals surface area contributed by atoms with E-state index < -0.39 is 12.1 Å². The van der Waals surface area contributed by atoms with Gasteiger partial charge in [-0.05, 0) is 42.8 Å². The lowest BCUT2D eigenvalue weighted by Crippen LogP contribution is -2.42. The van der Waals surface area contributed by atoms with Crippen LogP contribution in [0.4, 0.5) is 0 Å². The zero-order valence-corrected chi connectivity index (χ0v) is 17.4. The zero-order chi connectivity index (χ0) is 21.8. The SMILES string of the molecule is COc1ccc(C(=O)N[C@@H]2C(=O)N/[N+](=C\c3ccccc3C)[C@@H]2c2ccccc2)cc1. The van der Waals surface area contributed by atoms with Crippen LogP contribution in [0.3, 0.4) is 0 Å². The molecule has 2 atom stereocenters. The zero-order valence-electron chi connectivity index (χ0n) is 17.4. The van der Waals surface area contributed by atoms with Gasteiger partial charge in [0.15, 0.2) is 6.04 Å². The summed E-state index contributed by atoms with van der Waals surface area (Å²) in [6.45, 7) is 2.02. The van der Waals surface area contributed by atoms with Gasteiger partial charge in [0.25, 0.3) is 5.91 Å². The Bertz CT molecular complexity index is 1120. The summed E-state index contributed by atoms with van der Waals surface area (Å²) in [5.74, 6) is 0.0818. The molecule has 0 bridgehead atoms. The van der Waals surface area contributed by atoms with Crippen LogP contribution in [0.15, 0.2) is 78.9 Å². The van der Waals surface area contributed by atoms with Gasteiger partial charge in [0.1, 0.15) is 5.75 Å². The van der Waals surface area contributed by atoms with Gasteiger partial charge in [-0.2, -0.15) is 0 Å². The molecule has 1 saturated heterocycles. The van der Waals surface area contributed by atoms with Crippen LogP contribution in [-0.2, 0) is 4.79 Å². The average molecular weight is 414 g/mol. The van der Waals surface area contributed by atoms with Gasteiger partial charge in [0.2, 0.25) is 12.3 Å². The third kappa shape index (κ3) is 4.33. The topological polar surface area (TPSA) is 70.4 Å². The predicted molar refractivity (Wildman–Crippen MR) is 118 cm³/mol. The number of carbonyl (C=O) groups excluding carboxylic acids is 2. The van der Waals surface area contributed by atoms with Crippen molar-refractivity contribution in [2.24, 2.45) is 0 Å². The summed E-state index contributed by atoms with van der Waals surface area (Å²) in [4.78, 5) is 25.8. The average Bonchev–Trinajstić information content (AvgIpc) is 3.10. The molecule has 2 amide bonds. The molecule has 0 spiro atoms. The molecule has 0 radical (unpaired) electrons. The van der Waals surface area contributed by atoms with E-state index in [1.165, 1.54) is 0 Å². The van der Waals surface area contributed by atoms with Crippen molar-refractivity contribution in [2.45, 2.75) is 19.0 Å². The normalized spacial score (nSPS) is 19.2. The van der Waals surface area contributed by atoms with E-state index in [2.05, 4.69) is 10.7 Å². The number of aryl methyl sites for hydroxylation is 1. The fraction of sp³-hybridized carbons (Fsp3) is 0.160. The Morgan fingerprint density at radius 2 is 1.68 bits per heavy atom. The monoisotopic (exact) mass is 414 g/mol. The van der Waals surface area contributed by atoms with Crippen molar-refractivity contribution < 1.29 is 19.0 Å². The molecule has 1 heterocycles. The molecule has 6 nitrogen and oxygen atoms in total.